The summed E-state index contributed by atoms with van der Waals surface area (Å²) in [6, 6.07) is 0. The Bertz CT molecular complexity index is 183. The summed E-state index contributed by atoms with van der Waals surface area (Å²) < 4.78 is 0. The van der Waals surface area contributed by atoms with E-state index in [9.17, 15) is 4.79 Å². The molecule has 9 heavy (non-hydrogen) atoms. The lowest BCUT2D eigenvalue weighted by molar-refractivity contribution is -0.125. The number of nitrogens with zero attached hydrogens (tertiary/aromatic N) is 1. The van der Waals surface area contributed by atoms with Crippen LogP contribution in [0.3, 0.4) is 0 Å². The molecule has 0 atom stereocenters. The third kappa shape index (κ3) is 0.667. The van der Waals surface area contributed by atoms with Gasteiger partial charge in [-0.3, -0.25) is 4.79 Å². The van der Waals surface area contributed by atoms with Crippen molar-refractivity contribution in [1.29, 1.82) is 0 Å². The van der Waals surface area contributed by atoms with E-state index in [0.29, 0.717) is 5.84 Å². The Balaban J connectivity index is 2.93. The van der Waals surface area contributed by atoms with Gasteiger partial charge in [-0.1, -0.05) is 0 Å². The lowest BCUT2D eigenvalue weighted by Crippen LogP contribution is -2.36. The third-order valence-corrected chi connectivity index (χ3v) is 1.49. The molecule has 0 aromatic carbocycles. The maximum Gasteiger partial charge on any atom is 0.253 e. The molecule has 1 aliphatic rings. The highest BCUT2D eigenvalue weighted by molar-refractivity contribution is 6.09. The van der Waals surface area contributed by atoms with Gasteiger partial charge in [0, 0.05) is 0 Å². The van der Waals surface area contributed by atoms with E-state index in [2.05, 4.69) is 10.5 Å². The molecule has 0 aliphatic carbocycles. The van der Waals surface area contributed by atoms with Crippen LogP contribution in [-0.2, 0) is 4.79 Å². The van der Waals surface area contributed by atoms with E-state index in [1.165, 1.54) is 0 Å². The second-order valence-corrected chi connectivity index (χ2v) is 2.56. The Morgan fingerprint density at radius 1 is 1.67 bits per heavy atom. The van der Waals surface area contributed by atoms with Crippen LogP contribution in [0.4, 0.5) is 0 Å². The molecule has 4 heteroatoms. The van der Waals surface area contributed by atoms with Crippen LogP contribution < -0.4 is 11.2 Å². The fourth-order valence-corrected chi connectivity index (χ4v) is 0.507. The molecule has 4 nitrogen and oxygen atoms in total. The Morgan fingerprint density at radius 2 is 2.22 bits per heavy atom. The lowest BCUT2D eigenvalue weighted by atomic mass is 9.93. The number of hydrogen-bond donors (Lipinski definition) is 2. The zero-order valence-electron chi connectivity index (χ0n) is 5.43. The molecule has 1 amide bonds. The van der Waals surface area contributed by atoms with Crippen molar-refractivity contribution in [2.75, 3.05) is 0 Å². The molecule has 0 fully saturated rings. The first-order valence-electron chi connectivity index (χ1n) is 2.69. The second kappa shape index (κ2) is 1.46. The van der Waals surface area contributed by atoms with Crippen molar-refractivity contribution in [1.82, 2.24) is 5.43 Å². The monoisotopic (exact) mass is 127 g/mol. The molecule has 1 heterocycles. The first-order valence-corrected chi connectivity index (χ1v) is 2.69. The lowest BCUT2D eigenvalue weighted by Gasteiger charge is -2.11. The van der Waals surface area contributed by atoms with Crippen molar-refractivity contribution < 1.29 is 4.79 Å². The highest BCUT2D eigenvalue weighted by atomic mass is 16.2. The SMILES string of the molecule is CC1(C)C(=O)NN=C1N. The molecule has 0 unspecified atom stereocenters. The van der Waals surface area contributed by atoms with Crippen LogP contribution in [0.15, 0.2) is 5.10 Å². The van der Waals surface area contributed by atoms with Crippen LogP contribution in [0.5, 0.6) is 0 Å². The van der Waals surface area contributed by atoms with Gasteiger partial charge in [-0.25, -0.2) is 5.43 Å². The number of amides is 1. The highest BCUT2D eigenvalue weighted by Gasteiger charge is 2.36. The summed E-state index contributed by atoms with van der Waals surface area (Å²) in [5, 5.41) is 3.56. The first-order chi connectivity index (χ1) is 4.05. The molecule has 0 aromatic heterocycles. The molecule has 1 aliphatic heterocycles. The number of hydrogen-bond acceptors (Lipinski definition) is 3. The third-order valence-electron chi connectivity index (χ3n) is 1.49. The van der Waals surface area contributed by atoms with E-state index in [1.54, 1.807) is 13.8 Å². The van der Waals surface area contributed by atoms with E-state index < -0.39 is 5.41 Å². The molecule has 0 saturated carbocycles. The number of rotatable bonds is 0. The van der Waals surface area contributed by atoms with Gasteiger partial charge in [0.1, 0.15) is 11.3 Å². The van der Waals surface area contributed by atoms with Crippen LogP contribution >= 0.6 is 0 Å². The van der Waals surface area contributed by atoms with Crippen LogP contribution in [0, 0.1) is 5.41 Å². The minimum absolute atomic E-state index is 0.139. The van der Waals surface area contributed by atoms with Crippen LogP contribution in [0.2, 0.25) is 0 Å². The van der Waals surface area contributed by atoms with Gasteiger partial charge >= 0.3 is 0 Å². The molecule has 0 saturated heterocycles. The van der Waals surface area contributed by atoms with Gasteiger partial charge in [-0.2, -0.15) is 5.10 Å². The quantitative estimate of drug-likeness (QED) is 0.457. The molecular formula is C5H9N3O. The average molecular weight is 127 g/mol. The Hall–Kier alpha value is -1.06. The molecule has 3 N–H and O–H groups in total. The Morgan fingerprint density at radius 3 is 2.33 bits per heavy atom. The standard InChI is InChI=1S/C5H9N3O/c1-5(2)3(6)7-8-4(5)9/h1-2H3,(H2,6,7)(H,8,9). The smallest absolute Gasteiger partial charge is 0.253 e. The second-order valence-electron chi connectivity index (χ2n) is 2.56. The van der Waals surface area contributed by atoms with Gasteiger partial charge in [-0.15, -0.1) is 0 Å². The zero-order valence-corrected chi connectivity index (χ0v) is 5.43. The number of hydrazone groups is 1. The minimum atomic E-state index is -0.611. The van der Waals surface area contributed by atoms with Crippen molar-refractivity contribution in [3.8, 4) is 0 Å². The number of amidine groups is 1. The normalized spacial score (nSPS) is 23.3. The summed E-state index contributed by atoms with van der Waals surface area (Å²) in [6.45, 7) is 3.46. The molecule has 50 valence electrons. The number of carbonyl (C=O) groups excluding carboxylic acids is 1. The predicted octanol–water partition coefficient (Wildman–Crippen LogP) is -0.585. The highest BCUT2D eigenvalue weighted by Crippen LogP contribution is 2.18. The Kier molecular flexibility index (Phi) is 0.986. The van der Waals surface area contributed by atoms with Crippen LogP contribution in [0.1, 0.15) is 13.8 Å². The summed E-state index contributed by atoms with van der Waals surface area (Å²) in [7, 11) is 0. The first kappa shape index (κ1) is 6.07. The van der Waals surface area contributed by atoms with E-state index in [0.717, 1.165) is 0 Å². The topological polar surface area (TPSA) is 67.5 Å². The summed E-state index contributed by atoms with van der Waals surface area (Å²) in [5.41, 5.74) is 7.04. The molecule has 0 bridgehead atoms. The van der Waals surface area contributed by atoms with Gasteiger partial charge in [0.15, 0.2) is 0 Å². The van der Waals surface area contributed by atoms with Gasteiger partial charge < -0.3 is 5.73 Å². The largest absolute Gasteiger partial charge is 0.385 e. The summed E-state index contributed by atoms with van der Waals surface area (Å²) in [4.78, 5) is 10.8. The fourth-order valence-electron chi connectivity index (χ4n) is 0.507. The summed E-state index contributed by atoms with van der Waals surface area (Å²) >= 11 is 0. The van der Waals surface area contributed by atoms with Crippen molar-refractivity contribution in [3.05, 3.63) is 0 Å². The maximum atomic E-state index is 10.8. The predicted molar refractivity (Wildman–Crippen MR) is 33.5 cm³/mol. The number of nitrogens with two attached hydrogens (primary N) is 1. The molecule has 1 rings (SSSR count). The Labute approximate surface area is 53.1 Å². The zero-order chi connectivity index (χ0) is 7.07. The molecule has 0 aromatic rings. The van der Waals surface area contributed by atoms with E-state index in [-0.39, 0.29) is 5.91 Å². The number of nitrogens with one attached hydrogen (secondary N) is 1. The van der Waals surface area contributed by atoms with Crippen molar-refractivity contribution in [2.45, 2.75) is 13.8 Å². The molecular weight excluding hydrogens is 118 g/mol. The van der Waals surface area contributed by atoms with Crippen LogP contribution in [-0.4, -0.2) is 11.7 Å². The van der Waals surface area contributed by atoms with Gasteiger partial charge in [0.25, 0.3) is 5.91 Å². The molecule has 0 radical (unpaired) electrons. The van der Waals surface area contributed by atoms with E-state index in [1.807, 2.05) is 0 Å². The minimum Gasteiger partial charge on any atom is -0.385 e. The van der Waals surface area contributed by atoms with Crippen molar-refractivity contribution in [3.63, 3.8) is 0 Å². The van der Waals surface area contributed by atoms with Crippen LogP contribution in [0.25, 0.3) is 0 Å². The van der Waals surface area contributed by atoms with E-state index >= 15 is 0 Å². The summed E-state index contributed by atoms with van der Waals surface area (Å²) in [5.74, 6) is 0.215. The van der Waals surface area contributed by atoms with Gasteiger partial charge in [0.2, 0.25) is 0 Å². The van der Waals surface area contributed by atoms with Gasteiger partial charge in [0.05, 0.1) is 0 Å². The van der Waals surface area contributed by atoms with Crippen molar-refractivity contribution in [2.24, 2.45) is 16.3 Å². The van der Waals surface area contributed by atoms with Crippen molar-refractivity contribution >= 4 is 11.7 Å². The summed E-state index contributed by atoms with van der Waals surface area (Å²) in [6.07, 6.45) is 0. The average Bonchev–Trinajstić information content (AvgIpc) is 1.96. The number of carbonyl (C=O) groups is 1. The molecule has 0 spiro atoms. The maximum absolute atomic E-state index is 10.8. The fraction of sp³-hybridized carbons (Fsp3) is 0.600. The van der Waals surface area contributed by atoms with Gasteiger partial charge in [-0.05, 0) is 13.8 Å². The van der Waals surface area contributed by atoms with E-state index in [4.69, 9.17) is 5.73 Å².